The van der Waals surface area contributed by atoms with E-state index < -0.39 is 11.1 Å². The Labute approximate surface area is 74.6 Å². The summed E-state index contributed by atoms with van der Waals surface area (Å²) in [6.45, 7) is 2.14. The summed E-state index contributed by atoms with van der Waals surface area (Å²) in [7, 11) is 0. The van der Waals surface area contributed by atoms with Crippen LogP contribution in [0.15, 0.2) is 0 Å². The van der Waals surface area contributed by atoms with E-state index in [0.717, 1.165) is 0 Å². The quantitative estimate of drug-likeness (QED) is 0.388. The molecule has 0 aliphatic heterocycles. The first-order valence-electron chi connectivity index (χ1n) is 3.90. The molecule has 0 bridgehead atoms. The number of carbonyl (C=O) groups is 1. The van der Waals surface area contributed by atoms with Crippen LogP contribution in [0, 0.1) is 0 Å². The SMILES string of the molecule is CCOC(=O)CCCCS(=O)O. The fourth-order valence-corrected chi connectivity index (χ4v) is 1.18. The normalized spacial score (nSPS) is 12.5. The number of hydrogen-bond donors (Lipinski definition) is 1. The second kappa shape index (κ2) is 7.24. The number of rotatable bonds is 6. The second-order valence-electron chi connectivity index (χ2n) is 2.29. The molecule has 0 fully saturated rings. The third kappa shape index (κ3) is 7.68. The standard InChI is InChI=1S/C7H14O4S/c1-2-11-7(8)5-3-4-6-12(9)10/h2-6H2,1H3,(H,9,10). The van der Waals surface area contributed by atoms with E-state index in [2.05, 4.69) is 4.74 Å². The Balaban J connectivity index is 3.19. The van der Waals surface area contributed by atoms with Crippen LogP contribution in [0.5, 0.6) is 0 Å². The summed E-state index contributed by atoms with van der Waals surface area (Å²) in [6, 6.07) is 0. The zero-order chi connectivity index (χ0) is 9.40. The molecule has 0 saturated carbocycles. The van der Waals surface area contributed by atoms with Crippen molar-refractivity contribution in [2.75, 3.05) is 12.4 Å². The van der Waals surface area contributed by atoms with Crippen molar-refractivity contribution in [3.05, 3.63) is 0 Å². The van der Waals surface area contributed by atoms with Crippen LogP contribution < -0.4 is 0 Å². The number of esters is 1. The highest BCUT2D eigenvalue weighted by Gasteiger charge is 2.01. The molecular weight excluding hydrogens is 180 g/mol. The van der Waals surface area contributed by atoms with Gasteiger partial charge in [0.25, 0.3) is 0 Å². The molecule has 0 rings (SSSR count). The number of carbonyl (C=O) groups excluding carboxylic acids is 1. The monoisotopic (exact) mass is 194 g/mol. The van der Waals surface area contributed by atoms with E-state index in [9.17, 15) is 9.00 Å². The van der Waals surface area contributed by atoms with Crippen LogP contribution in [0.25, 0.3) is 0 Å². The Morgan fingerprint density at radius 1 is 1.50 bits per heavy atom. The van der Waals surface area contributed by atoms with E-state index in [0.29, 0.717) is 25.9 Å². The van der Waals surface area contributed by atoms with Crippen molar-refractivity contribution in [3.63, 3.8) is 0 Å². The average molecular weight is 194 g/mol. The molecular formula is C7H14O4S. The zero-order valence-corrected chi connectivity index (χ0v) is 7.93. The maximum atomic E-state index is 10.7. The summed E-state index contributed by atoms with van der Waals surface area (Å²) in [6.07, 6.45) is 1.54. The summed E-state index contributed by atoms with van der Waals surface area (Å²) in [4.78, 5) is 10.7. The van der Waals surface area contributed by atoms with Crippen molar-refractivity contribution >= 4 is 17.0 Å². The number of hydrogen-bond acceptors (Lipinski definition) is 3. The maximum Gasteiger partial charge on any atom is 0.305 e. The molecule has 0 aliphatic rings. The topological polar surface area (TPSA) is 63.6 Å². The van der Waals surface area contributed by atoms with Gasteiger partial charge in [-0.3, -0.25) is 4.79 Å². The van der Waals surface area contributed by atoms with Crippen LogP contribution in [-0.2, 0) is 20.6 Å². The van der Waals surface area contributed by atoms with Crippen LogP contribution in [0.3, 0.4) is 0 Å². The Morgan fingerprint density at radius 2 is 2.17 bits per heavy atom. The van der Waals surface area contributed by atoms with E-state index >= 15 is 0 Å². The Hall–Kier alpha value is -0.420. The highest BCUT2D eigenvalue weighted by molar-refractivity contribution is 7.79. The van der Waals surface area contributed by atoms with Gasteiger partial charge in [-0.15, -0.1) is 0 Å². The highest BCUT2D eigenvalue weighted by Crippen LogP contribution is 1.98. The van der Waals surface area contributed by atoms with Crippen LogP contribution in [-0.4, -0.2) is 27.1 Å². The Bertz CT molecular complexity index is 157. The lowest BCUT2D eigenvalue weighted by molar-refractivity contribution is -0.143. The minimum absolute atomic E-state index is 0.235. The van der Waals surface area contributed by atoms with Gasteiger partial charge in [0.1, 0.15) is 0 Å². The van der Waals surface area contributed by atoms with Crippen LogP contribution >= 0.6 is 0 Å². The van der Waals surface area contributed by atoms with Gasteiger partial charge in [0.2, 0.25) is 0 Å². The summed E-state index contributed by atoms with van der Waals surface area (Å²) in [5.41, 5.74) is 0. The van der Waals surface area contributed by atoms with Gasteiger partial charge in [-0.25, -0.2) is 4.21 Å². The molecule has 0 amide bonds. The third-order valence-electron chi connectivity index (χ3n) is 1.26. The van der Waals surface area contributed by atoms with Gasteiger partial charge in [-0.2, -0.15) is 0 Å². The van der Waals surface area contributed by atoms with Gasteiger partial charge < -0.3 is 9.29 Å². The molecule has 5 heteroatoms. The van der Waals surface area contributed by atoms with Crippen molar-refractivity contribution in [1.29, 1.82) is 0 Å². The van der Waals surface area contributed by atoms with Crippen molar-refractivity contribution in [2.45, 2.75) is 26.2 Å². The maximum absolute atomic E-state index is 10.7. The molecule has 1 unspecified atom stereocenters. The van der Waals surface area contributed by atoms with Gasteiger partial charge in [0.05, 0.1) is 6.61 Å². The molecule has 0 aliphatic carbocycles. The van der Waals surface area contributed by atoms with Crippen molar-refractivity contribution in [2.24, 2.45) is 0 Å². The van der Waals surface area contributed by atoms with Crippen LogP contribution in [0.4, 0.5) is 0 Å². The lowest BCUT2D eigenvalue weighted by Gasteiger charge is -1.99. The molecule has 0 heterocycles. The minimum Gasteiger partial charge on any atom is -0.466 e. The van der Waals surface area contributed by atoms with E-state index in [1.165, 1.54) is 0 Å². The van der Waals surface area contributed by atoms with Crippen molar-refractivity contribution in [1.82, 2.24) is 0 Å². The molecule has 1 atom stereocenters. The molecule has 0 aromatic carbocycles. The fourth-order valence-electron chi connectivity index (χ4n) is 0.728. The summed E-state index contributed by atoms with van der Waals surface area (Å²) in [5, 5.41) is 0. The van der Waals surface area contributed by atoms with E-state index in [1.807, 2.05) is 0 Å². The molecule has 12 heavy (non-hydrogen) atoms. The lowest BCUT2D eigenvalue weighted by atomic mass is 10.2. The first kappa shape index (κ1) is 11.6. The van der Waals surface area contributed by atoms with Gasteiger partial charge in [0, 0.05) is 12.2 Å². The highest BCUT2D eigenvalue weighted by atomic mass is 32.2. The average Bonchev–Trinajstić information content (AvgIpc) is 1.98. The smallest absolute Gasteiger partial charge is 0.305 e. The van der Waals surface area contributed by atoms with Crippen molar-refractivity contribution in [3.8, 4) is 0 Å². The van der Waals surface area contributed by atoms with Gasteiger partial charge in [0.15, 0.2) is 11.1 Å². The predicted molar refractivity (Wildman–Crippen MR) is 46.1 cm³/mol. The molecule has 4 nitrogen and oxygen atoms in total. The minimum atomic E-state index is -1.74. The van der Waals surface area contributed by atoms with Crippen molar-refractivity contribution < 1.29 is 18.3 Å². The molecule has 72 valence electrons. The van der Waals surface area contributed by atoms with Crippen LogP contribution in [0.2, 0.25) is 0 Å². The van der Waals surface area contributed by atoms with Crippen LogP contribution in [0.1, 0.15) is 26.2 Å². The van der Waals surface area contributed by atoms with Gasteiger partial charge in [-0.1, -0.05) is 0 Å². The third-order valence-corrected chi connectivity index (χ3v) is 1.89. The fraction of sp³-hybridized carbons (Fsp3) is 0.857. The Morgan fingerprint density at radius 3 is 2.67 bits per heavy atom. The predicted octanol–water partition coefficient (Wildman–Crippen LogP) is 0.942. The largest absolute Gasteiger partial charge is 0.466 e. The number of unbranched alkanes of at least 4 members (excludes halogenated alkanes) is 1. The van der Waals surface area contributed by atoms with E-state index in [1.54, 1.807) is 6.92 Å². The lowest BCUT2D eigenvalue weighted by Crippen LogP contribution is -2.04. The first-order valence-corrected chi connectivity index (χ1v) is 5.17. The summed E-state index contributed by atoms with van der Waals surface area (Å²) < 4.78 is 23.2. The second-order valence-corrected chi connectivity index (χ2v) is 3.34. The van der Waals surface area contributed by atoms with E-state index in [4.69, 9.17) is 4.55 Å². The van der Waals surface area contributed by atoms with Gasteiger partial charge in [-0.05, 0) is 19.8 Å². The number of ether oxygens (including phenoxy) is 1. The summed E-state index contributed by atoms with van der Waals surface area (Å²) in [5.74, 6) is 0.000541. The molecule has 0 aromatic heterocycles. The Kier molecular flexibility index (Phi) is 6.99. The first-order chi connectivity index (χ1) is 5.66. The van der Waals surface area contributed by atoms with Gasteiger partial charge >= 0.3 is 5.97 Å². The van der Waals surface area contributed by atoms with E-state index in [-0.39, 0.29) is 11.7 Å². The zero-order valence-electron chi connectivity index (χ0n) is 7.12. The molecule has 0 radical (unpaired) electrons. The summed E-state index contributed by atoms with van der Waals surface area (Å²) >= 11 is -1.74. The molecule has 0 aromatic rings. The molecule has 1 N–H and O–H groups in total. The molecule has 0 spiro atoms. The molecule has 0 saturated heterocycles.